The van der Waals surface area contributed by atoms with E-state index >= 15 is 0 Å². The van der Waals surface area contributed by atoms with Crippen LogP contribution in [0.25, 0.3) is 0 Å². The lowest BCUT2D eigenvalue weighted by Crippen LogP contribution is -2.45. The van der Waals surface area contributed by atoms with Gasteiger partial charge in [-0.25, -0.2) is 0 Å². The van der Waals surface area contributed by atoms with Crippen molar-refractivity contribution in [2.24, 2.45) is 10.8 Å². The number of carbonyl (C=O) groups excluding carboxylic acids is 2. The maximum absolute atomic E-state index is 14.2. The number of non-ortho nitro benzene ring substituents is 1. The van der Waals surface area contributed by atoms with E-state index in [1.165, 1.54) is 17.7 Å². The number of carbonyl (C=O) groups is 2. The van der Waals surface area contributed by atoms with Gasteiger partial charge < -0.3 is 14.4 Å². The summed E-state index contributed by atoms with van der Waals surface area (Å²) in [6.45, 7) is 11.7. The highest BCUT2D eigenvalue weighted by Crippen LogP contribution is 2.55. The molecule has 1 heterocycles. The first-order valence-electron chi connectivity index (χ1n) is 16.8. The van der Waals surface area contributed by atoms with Crippen molar-refractivity contribution >= 4 is 17.3 Å². The minimum Gasteiger partial charge on any atom is -0.490 e. The van der Waals surface area contributed by atoms with Crippen molar-refractivity contribution in [2.45, 2.75) is 79.2 Å². The Morgan fingerprint density at radius 3 is 2.00 bits per heavy atom. The van der Waals surface area contributed by atoms with E-state index in [-0.39, 0.29) is 34.7 Å². The Morgan fingerprint density at radius 1 is 0.771 bits per heavy atom. The van der Waals surface area contributed by atoms with Crippen molar-refractivity contribution in [3.63, 3.8) is 0 Å². The predicted molar refractivity (Wildman–Crippen MR) is 185 cm³/mol. The molecular weight excluding hydrogens is 604 g/mol. The summed E-state index contributed by atoms with van der Waals surface area (Å²) in [5.74, 6) is 0.667. The molecule has 6 rings (SSSR count). The molecule has 3 aromatic carbocycles. The van der Waals surface area contributed by atoms with Gasteiger partial charge in [-0.2, -0.15) is 0 Å². The second-order valence-electron chi connectivity index (χ2n) is 14.8. The average molecular weight is 649 g/mol. The molecule has 8 nitrogen and oxygen atoms in total. The van der Waals surface area contributed by atoms with Gasteiger partial charge in [0.25, 0.3) is 5.69 Å². The van der Waals surface area contributed by atoms with Gasteiger partial charge in [-0.15, -0.1) is 0 Å². The number of benzene rings is 3. The molecule has 0 unspecified atom stereocenters. The topological polar surface area (TPSA) is 99.0 Å². The van der Waals surface area contributed by atoms with Crippen LogP contribution in [0.2, 0.25) is 0 Å². The fourth-order valence-electron chi connectivity index (χ4n) is 7.55. The number of rotatable bonds is 10. The van der Waals surface area contributed by atoms with Crippen LogP contribution in [-0.4, -0.2) is 34.5 Å². The van der Waals surface area contributed by atoms with E-state index in [9.17, 15) is 19.7 Å². The largest absolute Gasteiger partial charge is 0.490 e. The summed E-state index contributed by atoms with van der Waals surface area (Å²) in [7, 11) is 0. The summed E-state index contributed by atoms with van der Waals surface area (Å²) in [5.41, 5.74) is 5.80. The highest BCUT2D eigenvalue weighted by molar-refractivity contribution is 6.06. The average Bonchev–Trinajstić information content (AvgIpc) is 3.02. The van der Waals surface area contributed by atoms with E-state index in [0.717, 1.165) is 47.4 Å². The number of allylic oxidation sites excluding steroid dienone is 4. The standard InChI is InChI=1S/C40H44N2O6/c1-6-47-35-20-28(15-16-34(35)48-25-27-13-10-14-29(19-27)42(45)46)36-37-30(21-39(2,3)23-32(37)43)41(18-17-26-11-8-7-9-12-26)31-22-40(4,5)24-33(44)38(31)36/h7-16,19-20,36H,6,17-18,21-25H2,1-5H3. The van der Waals surface area contributed by atoms with Gasteiger partial charge in [0.15, 0.2) is 23.1 Å². The molecule has 3 aliphatic rings. The molecule has 2 aliphatic carbocycles. The molecule has 8 heteroatoms. The van der Waals surface area contributed by atoms with Gasteiger partial charge in [-0.3, -0.25) is 19.7 Å². The number of nitro benzene ring substituents is 1. The van der Waals surface area contributed by atoms with Crippen molar-refractivity contribution < 1.29 is 24.0 Å². The maximum atomic E-state index is 14.2. The summed E-state index contributed by atoms with van der Waals surface area (Å²) in [4.78, 5) is 41.7. The van der Waals surface area contributed by atoms with Crippen molar-refractivity contribution in [1.82, 2.24) is 4.90 Å². The number of Topliss-reactive ketones (excluding diaryl/α,β-unsaturated/α-hetero) is 2. The molecule has 0 amide bonds. The molecule has 0 bridgehead atoms. The molecule has 0 atom stereocenters. The zero-order valence-electron chi connectivity index (χ0n) is 28.5. The van der Waals surface area contributed by atoms with Crippen LogP contribution in [0.4, 0.5) is 5.69 Å². The Morgan fingerprint density at radius 2 is 1.40 bits per heavy atom. The van der Waals surface area contributed by atoms with Crippen LogP contribution in [-0.2, 0) is 22.6 Å². The van der Waals surface area contributed by atoms with Crippen LogP contribution in [0.15, 0.2) is 95.3 Å². The molecule has 0 N–H and O–H groups in total. The third-order valence-electron chi connectivity index (χ3n) is 9.61. The van der Waals surface area contributed by atoms with Gasteiger partial charge >= 0.3 is 0 Å². The number of hydrogen-bond donors (Lipinski definition) is 0. The molecule has 0 saturated heterocycles. The van der Waals surface area contributed by atoms with E-state index in [1.54, 1.807) is 12.1 Å². The molecular formula is C40H44N2O6. The monoisotopic (exact) mass is 648 g/mol. The van der Waals surface area contributed by atoms with Crippen LogP contribution < -0.4 is 9.47 Å². The lowest BCUT2D eigenvalue weighted by molar-refractivity contribution is -0.384. The summed E-state index contributed by atoms with van der Waals surface area (Å²) in [5, 5.41) is 11.3. The molecule has 48 heavy (non-hydrogen) atoms. The fraction of sp³-hybridized carbons (Fsp3) is 0.400. The normalized spacial score (nSPS) is 18.8. The van der Waals surface area contributed by atoms with E-state index in [4.69, 9.17) is 9.47 Å². The maximum Gasteiger partial charge on any atom is 0.269 e. The number of nitrogens with zero attached hydrogens (tertiary/aromatic N) is 2. The summed E-state index contributed by atoms with van der Waals surface area (Å²) in [6, 6.07) is 22.4. The smallest absolute Gasteiger partial charge is 0.269 e. The van der Waals surface area contributed by atoms with E-state index in [1.807, 2.05) is 43.3 Å². The van der Waals surface area contributed by atoms with Gasteiger partial charge in [-0.1, -0.05) is 76.2 Å². The highest BCUT2D eigenvalue weighted by atomic mass is 16.6. The molecule has 3 aromatic rings. The molecule has 0 fully saturated rings. The van der Waals surface area contributed by atoms with Crippen LogP contribution >= 0.6 is 0 Å². The molecule has 0 radical (unpaired) electrons. The first kappa shape index (κ1) is 33.2. The van der Waals surface area contributed by atoms with Crippen molar-refractivity contribution in [3.05, 3.63) is 122 Å². The van der Waals surface area contributed by atoms with E-state index < -0.39 is 10.8 Å². The van der Waals surface area contributed by atoms with Crippen molar-refractivity contribution in [1.29, 1.82) is 0 Å². The van der Waals surface area contributed by atoms with E-state index in [2.05, 4.69) is 44.7 Å². The minimum absolute atomic E-state index is 0.000372. The quantitative estimate of drug-likeness (QED) is 0.161. The molecule has 0 saturated carbocycles. The fourth-order valence-corrected chi connectivity index (χ4v) is 7.55. The van der Waals surface area contributed by atoms with Gasteiger partial charge in [0.2, 0.25) is 0 Å². The van der Waals surface area contributed by atoms with Crippen LogP contribution in [0, 0.1) is 20.9 Å². The van der Waals surface area contributed by atoms with Gasteiger partial charge in [-0.05, 0) is 65.8 Å². The van der Waals surface area contributed by atoms with Crippen LogP contribution in [0.1, 0.15) is 82.9 Å². The molecule has 0 spiro atoms. The third kappa shape index (κ3) is 6.80. The Balaban J connectivity index is 1.44. The number of ketones is 2. The van der Waals surface area contributed by atoms with Crippen LogP contribution in [0.3, 0.4) is 0 Å². The second-order valence-corrected chi connectivity index (χ2v) is 14.8. The number of ether oxygens (including phenoxy) is 2. The molecule has 250 valence electrons. The predicted octanol–water partition coefficient (Wildman–Crippen LogP) is 8.50. The minimum atomic E-state index is -0.500. The van der Waals surface area contributed by atoms with Gasteiger partial charge in [0, 0.05) is 60.0 Å². The lowest BCUT2D eigenvalue weighted by Gasteiger charge is -2.49. The molecule has 0 aromatic heterocycles. The lowest BCUT2D eigenvalue weighted by atomic mass is 9.63. The zero-order valence-corrected chi connectivity index (χ0v) is 28.5. The Labute approximate surface area is 282 Å². The second kappa shape index (κ2) is 13.1. The van der Waals surface area contributed by atoms with Crippen LogP contribution in [0.5, 0.6) is 11.5 Å². The first-order valence-corrected chi connectivity index (χ1v) is 16.8. The van der Waals surface area contributed by atoms with E-state index in [0.29, 0.717) is 43.1 Å². The number of nitro groups is 1. The highest BCUT2D eigenvalue weighted by Gasteiger charge is 2.49. The summed E-state index contributed by atoms with van der Waals surface area (Å²) >= 11 is 0. The Bertz CT molecular complexity index is 1770. The summed E-state index contributed by atoms with van der Waals surface area (Å²) in [6.07, 6.45) is 3.12. The zero-order chi connectivity index (χ0) is 34.2. The Hall–Kier alpha value is -4.72. The first-order chi connectivity index (χ1) is 22.9. The summed E-state index contributed by atoms with van der Waals surface area (Å²) < 4.78 is 12.2. The third-order valence-corrected chi connectivity index (χ3v) is 9.61. The SMILES string of the molecule is CCOc1cc(C2C3=C(CC(C)(C)CC3=O)N(CCc3ccccc3)C3=C2C(=O)CC(C)(C)C3)ccc1OCc1cccc([N+](=O)[O-])c1. The van der Waals surface area contributed by atoms with Crippen molar-refractivity contribution in [2.75, 3.05) is 13.2 Å². The number of hydrogen-bond acceptors (Lipinski definition) is 7. The van der Waals surface area contributed by atoms with Gasteiger partial charge in [0.1, 0.15) is 6.61 Å². The van der Waals surface area contributed by atoms with Gasteiger partial charge in [0.05, 0.1) is 11.5 Å². The Kier molecular flexibility index (Phi) is 9.03. The van der Waals surface area contributed by atoms with Crippen molar-refractivity contribution in [3.8, 4) is 11.5 Å². The molecule has 1 aliphatic heterocycles.